The van der Waals surface area contributed by atoms with E-state index in [9.17, 15) is 0 Å². The molecule has 2 rings (SSSR count). The zero-order valence-electron chi connectivity index (χ0n) is 7.88. The number of nitrogen functional groups attached to an aromatic ring is 1. The van der Waals surface area contributed by atoms with E-state index in [1.807, 2.05) is 6.07 Å². The van der Waals surface area contributed by atoms with E-state index in [1.54, 1.807) is 18.1 Å². The van der Waals surface area contributed by atoms with Crippen LogP contribution in [0.4, 0.5) is 5.82 Å². The summed E-state index contributed by atoms with van der Waals surface area (Å²) in [5.41, 5.74) is 5.93. The van der Waals surface area contributed by atoms with E-state index in [0.29, 0.717) is 11.4 Å². The summed E-state index contributed by atoms with van der Waals surface area (Å²) in [5.74, 6) is 0.534. The van der Waals surface area contributed by atoms with Gasteiger partial charge in [-0.1, -0.05) is 0 Å². The first kappa shape index (κ1) is 10.3. The number of nitrogens with two attached hydrogens (primary N) is 1. The molecule has 0 aromatic carbocycles. The monoisotopic (exact) mass is 273 g/mol. The quantitative estimate of drug-likeness (QED) is 0.832. The summed E-state index contributed by atoms with van der Waals surface area (Å²) in [6.07, 6.45) is 4.29. The molecule has 5 heteroatoms. The smallest absolute Gasteiger partial charge is 0.137 e. The van der Waals surface area contributed by atoms with Crippen LogP contribution >= 0.6 is 27.9 Å². The van der Waals surface area contributed by atoms with E-state index in [-0.39, 0.29) is 0 Å². The van der Waals surface area contributed by atoms with Gasteiger partial charge < -0.3 is 5.73 Å². The highest BCUT2D eigenvalue weighted by molar-refractivity contribution is 9.10. The van der Waals surface area contributed by atoms with E-state index in [2.05, 4.69) is 32.6 Å². The van der Waals surface area contributed by atoms with Gasteiger partial charge in [0, 0.05) is 16.6 Å². The second kappa shape index (κ2) is 3.72. The highest BCUT2D eigenvalue weighted by atomic mass is 79.9. The SMILES string of the molecule is CC1(NSc2cnc(N)c(Br)c2)CC1. The van der Waals surface area contributed by atoms with Crippen LogP contribution in [0, 0.1) is 0 Å². The molecule has 1 heterocycles. The minimum atomic E-state index is 0.332. The lowest BCUT2D eigenvalue weighted by atomic mass is 10.4. The number of hydrogen-bond donors (Lipinski definition) is 2. The third-order valence-corrected chi connectivity index (χ3v) is 3.95. The Morgan fingerprint density at radius 2 is 2.36 bits per heavy atom. The lowest BCUT2D eigenvalue weighted by Crippen LogP contribution is -2.19. The van der Waals surface area contributed by atoms with Crippen LogP contribution in [-0.4, -0.2) is 10.5 Å². The lowest BCUT2D eigenvalue weighted by molar-refractivity contribution is 0.701. The fourth-order valence-corrected chi connectivity index (χ4v) is 2.31. The van der Waals surface area contributed by atoms with Crippen LogP contribution < -0.4 is 10.5 Å². The number of anilines is 1. The molecule has 0 spiro atoms. The largest absolute Gasteiger partial charge is 0.383 e. The summed E-state index contributed by atoms with van der Waals surface area (Å²) in [4.78, 5) is 5.15. The number of halogens is 1. The fourth-order valence-electron chi connectivity index (χ4n) is 0.958. The molecule has 76 valence electrons. The van der Waals surface area contributed by atoms with Crippen molar-refractivity contribution in [2.75, 3.05) is 5.73 Å². The van der Waals surface area contributed by atoms with Gasteiger partial charge in [0.2, 0.25) is 0 Å². The van der Waals surface area contributed by atoms with Gasteiger partial charge >= 0.3 is 0 Å². The molecule has 3 N–H and O–H groups in total. The first-order chi connectivity index (χ1) is 6.59. The highest BCUT2D eigenvalue weighted by Gasteiger charge is 2.37. The van der Waals surface area contributed by atoms with Crippen molar-refractivity contribution in [3.05, 3.63) is 16.7 Å². The molecular formula is C9H12BrN3S. The molecule has 3 nitrogen and oxygen atoms in total. The van der Waals surface area contributed by atoms with Crippen LogP contribution in [0.15, 0.2) is 21.6 Å². The number of pyridine rings is 1. The number of nitrogens with zero attached hydrogens (tertiary/aromatic N) is 1. The molecule has 1 aromatic heterocycles. The zero-order chi connectivity index (χ0) is 10.2. The van der Waals surface area contributed by atoms with Crippen LogP contribution in [0.1, 0.15) is 19.8 Å². The Labute approximate surface area is 96.1 Å². The Balaban J connectivity index is 1.99. The zero-order valence-corrected chi connectivity index (χ0v) is 10.3. The molecule has 1 saturated carbocycles. The summed E-state index contributed by atoms with van der Waals surface area (Å²) < 4.78 is 4.26. The molecule has 1 aromatic rings. The number of rotatable bonds is 3. The molecule has 0 aliphatic heterocycles. The molecule has 0 radical (unpaired) electrons. The standard InChI is InChI=1S/C9H12BrN3S/c1-9(2-3-9)13-14-6-4-7(10)8(11)12-5-6/h4-5,13H,2-3H2,1H3,(H2,11,12). The molecule has 0 atom stereocenters. The van der Waals surface area contributed by atoms with Crippen molar-refractivity contribution in [2.45, 2.75) is 30.2 Å². The molecule has 0 unspecified atom stereocenters. The summed E-state index contributed by atoms with van der Waals surface area (Å²) in [6, 6.07) is 1.98. The molecule has 0 bridgehead atoms. The Morgan fingerprint density at radius 3 is 2.93 bits per heavy atom. The molecule has 14 heavy (non-hydrogen) atoms. The first-order valence-corrected chi connectivity index (χ1v) is 6.05. The summed E-state index contributed by atoms with van der Waals surface area (Å²) in [6.45, 7) is 2.22. The Morgan fingerprint density at radius 1 is 1.64 bits per heavy atom. The van der Waals surface area contributed by atoms with Crippen molar-refractivity contribution >= 4 is 33.7 Å². The minimum absolute atomic E-state index is 0.332. The predicted octanol–water partition coefficient (Wildman–Crippen LogP) is 2.58. The van der Waals surface area contributed by atoms with E-state index in [0.717, 1.165) is 9.37 Å². The third kappa shape index (κ3) is 2.40. The molecule has 0 amide bonds. The summed E-state index contributed by atoms with van der Waals surface area (Å²) in [7, 11) is 0. The molecule has 1 aliphatic rings. The maximum Gasteiger partial charge on any atom is 0.137 e. The fraction of sp³-hybridized carbons (Fsp3) is 0.444. The van der Waals surface area contributed by atoms with Crippen LogP contribution in [-0.2, 0) is 0 Å². The van der Waals surface area contributed by atoms with Crippen molar-refractivity contribution in [3.8, 4) is 0 Å². The third-order valence-electron chi connectivity index (χ3n) is 2.26. The maximum absolute atomic E-state index is 5.60. The lowest BCUT2D eigenvalue weighted by Gasteiger charge is -2.10. The molecular weight excluding hydrogens is 262 g/mol. The van der Waals surface area contributed by atoms with Gasteiger partial charge in [0.1, 0.15) is 5.82 Å². The van der Waals surface area contributed by atoms with Crippen LogP contribution in [0.2, 0.25) is 0 Å². The van der Waals surface area contributed by atoms with Crippen molar-refractivity contribution in [3.63, 3.8) is 0 Å². The van der Waals surface area contributed by atoms with Crippen LogP contribution in [0.3, 0.4) is 0 Å². The molecule has 1 aliphatic carbocycles. The van der Waals surface area contributed by atoms with E-state index >= 15 is 0 Å². The Hall–Kier alpha value is -0.260. The highest BCUT2D eigenvalue weighted by Crippen LogP contribution is 2.37. The molecule has 1 fully saturated rings. The average molecular weight is 274 g/mol. The van der Waals surface area contributed by atoms with Gasteiger partial charge in [-0.2, -0.15) is 0 Å². The van der Waals surface area contributed by atoms with Crippen molar-refractivity contribution in [1.29, 1.82) is 0 Å². The van der Waals surface area contributed by atoms with Crippen LogP contribution in [0.5, 0.6) is 0 Å². The Kier molecular flexibility index (Phi) is 2.72. The van der Waals surface area contributed by atoms with Gasteiger partial charge in [-0.3, -0.25) is 4.72 Å². The predicted molar refractivity (Wildman–Crippen MR) is 63.0 cm³/mol. The maximum atomic E-state index is 5.60. The van der Waals surface area contributed by atoms with Gasteiger partial charge in [-0.05, 0) is 53.7 Å². The average Bonchev–Trinajstić information content (AvgIpc) is 2.87. The van der Waals surface area contributed by atoms with Gasteiger partial charge in [0.25, 0.3) is 0 Å². The number of hydrogen-bond acceptors (Lipinski definition) is 4. The van der Waals surface area contributed by atoms with E-state index in [1.165, 1.54) is 12.8 Å². The van der Waals surface area contributed by atoms with Gasteiger partial charge in [0.05, 0.1) is 4.47 Å². The second-order valence-corrected chi connectivity index (χ2v) is 5.54. The van der Waals surface area contributed by atoms with Crippen LogP contribution in [0.25, 0.3) is 0 Å². The summed E-state index contributed by atoms with van der Waals surface area (Å²) >= 11 is 4.97. The van der Waals surface area contributed by atoms with Gasteiger partial charge in [-0.15, -0.1) is 0 Å². The number of aromatic nitrogens is 1. The van der Waals surface area contributed by atoms with Crippen molar-refractivity contribution in [1.82, 2.24) is 9.71 Å². The second-order valence-electron chi connectivity index (χ2n) is 3.80. The first-order valence-electron chi connectivity index (χ1n) is 4.44. The van der Waals surface area contributed by atoms with Gasteiger partial charge in [0.15, 0.2) is 0 Å². The topological polar surface area (TPSA) is 50.9 Å². The molecule has 0 saturated heterocycles. The Bertz CT molecular complexity index is 352. The normalized spacial score (nSPS) is 18.1. The van der Waals surface area contributed by atoms with Crippen molar-refractivity contribution < 1.29 is 0 Å². The minimum Gasteiger partial charge on any atom is -0.383 e. The number of nitrogens with one attached hydrogen (secondary N) is 1. The van der Waals surface area contributed by atoms with Gasteiger partial charge in [-0.25, -0.2) is 4.98 Å². The van der Waals surface area contributed by atoms with Crippen molar-refractivity contribution in [2.24, 2.45) is 0 Å². The van der Waals surface area contributed by atoms with E-state index in [4.69, 9.17) is 5.73 Å². The van der Waals surface area contributed by atoms with E-state index < -0.39 is 0 Å². The summed E-state index contributed by atoms with van der Waals surface area (Å²) in [5, 5.41) is 0.